The van der Waals surface area contributed by atoms with Crippen LogP contribution in [-0.2, 0) is 11.3 Å². The van der Waals surface area contributed by atoms with Crippen molar-refractivity contribution in [2.75, 3.05) is 6.61 Å². The van der Waals surface area contributed by atoms with E-state index in [9.17, 15) is 4.79 Å². The molecule has 3 aromatic carbocycles. The van der Waals surface area contributed by atoms with Gasteiger partial charge in [0.15, 0.2) is 11.5 Å². The number of nitrogens with one attached hydrogen (secondary N) is 1. The molecular formula is C26H23N3O3. The average molecular weight is 425 g/mol. The fourth-order valence-electron chi connectivity index (χ4n) is 3.97. The van der Waals surface area contributed by atoms with E-state index in [0.717, 1.165) is 28.7 Å². The van der Waals surface area contributed by atoms with Gasteiger partial charge in [0.05, 0.1) is 6.21 Å². The molecule has 160 valence electrons. The van der Waals surface area contributed by atoms with Crippen LogP contribution in [0.25, 0.3) is 10.9 Å². The SMILES string of the molecule is Cc1c(/C=N\NC(=O)[C@@H]2COc3ccccc3O2)c2ccccc2n1Cc1ccccc1. The second-order valence-electron chi connectivity index (χ2n) is 7.69. The predicted molar refractivity (Wildman–Crippen MR) is 124 cm³/mol. The lowest BCUT2D eigenvalue weighted by molar-refractivity contribution is -0.130. The van der Waals surface area contributed by atoms with Gasteiger partial charge in [0.2, 0.25) is 6.10 Å². The van der Waals surface area contributed by atoms with Crippen LogP contribution in [-0.4, -0.2) is 29.4 Å². The Hall–Kier alpha value is -4.06. The highest BCUT2D eigenvalue weighted by Crippen LogP contribution is 2.31. The molecule has 0 spiro atoms. The molecule has 0 bridgehead atoms. The van der Waals surface area contributed by atoms with Gasteiger partial charge in [-0.1, -0.05) is 60.7 Å². The number of ether oxygens (including phenoxy) is 2. The maximum absolute atomic E-state index is 12.6. The van der Waals surface area contributed by atoms with Gasteiger partial charge in [-0.15, -0.1) is 0 Å². The lowest BCUT2D eigenvalue weighted by Gasteiger charge is -2.24. The first-order chi connectivity index (χ1) is 15.7. The van der Waals surface area contributed by atoms with E-state index >= 15 is 0 Å². The minimum atomic E-state index is -0.748. The minimum Gasteiger partial charge on any atom is -0.485 e. The van der Waals surface area contributed by atoms with E-state index in [1.165, 1.54) is 5.56 Å². The van der Waals surface area contributed by atoms with Crippen LogP contribution in [0.15, 0.2) is 84.0 Å². The van der Waals surface area contributed by atoms with Crippen molar-refractivity contribution < 1.29 is 14.3 Å². The Morgan fingerprint density at radius 2 is 1.75 bits per heavy atom. The number of para-hydroxylation sites is 3. The van der Waals surface area contributed by atoms with Gasteiger partial charge < -0.3 is 14.0 Å². The van der Waals surface area contributed by atoms with Crippen molar-refractivity contribution in [2.24, 2.45) is 5.10 Å². The summed E-state index contributed by atoms with van der Waals surface area (Å²) < 4.78 is 13.6. The van der Waals surface area contributed by atoms with Crippen LogP contribution in [0, 0.1) is 6.92 Å². The van der Waals surface area contributed by atoms with Crippen LogP contribution in [0.2, 0.25) is 0 Å². The fourth-order valence-corrected chi connectivity index (χ4v) is 3.97. The highest BCUT2D eigenvalue weighted by molar-refractivity contribution is 6.01. The van der Waals surface area contributed by atoms with E-state index in [4.69, 9.17) is 9.47 Å². The summed E-state index contributed by atoms with van der Waals surface area (Å²) in [6.07, 6.45) is 0.955. The molecule has 1 atom stereocenters. The maximum atomic E-state index is 12.6. The second kappa shape index (κ2) is 8.59. The Bertz CT molecular complexity index is 1290. The first kappa shape index (κ1) is 19.9. The van der Waals surface area contributed by atoms with Gasteiger partial charge in [0, 0.05) is 28.7 Å². The van der Waals surface area contributed by atoms with Crippen LogP contribution >= 0.6 is 0 Å². The number of nitrogens with zero attached hydrogens (tertiary/aromatic N) is 2. The molecule has 0 unspecified atom stereocenters. The molecule has 1 aliphatic rings. The monoisotopic (exact) mass is 425 g/mol. The van der Waals surface area contributed by atoms with Crippen LogP contribution in [0.4, 0.5) is 0 Å². The summed E-state index contributed by atoms with van der Waals surface area (Å²) in [7, 11) is 0. The van der Waals surface area contributed by atoms with Crippen molar-refractivity contribution in [3.63, 3.8) is 0 Å². The van der Waals surface area contributed by atoms with E-state index in [1.54, 1.807) is 12.3 Å². The van der Waals surface area contributed by atoms with Gasteiger partial charge in [0.1, 0.15) is 6.61 Å². The molecular weight excluding hydrogens is 402 g/mol. The highest BCUT2D eigenvalue weighted by atomic mass is 16.6. The Morgan fingerprint density at radius 1 is 1.03 bits per heavy atom. The molecule has 0 saturated heterocycles. The van der Waals surface area contributed by atoms with Crippen molar-refractivity contribution in [2.45, 2.75) is 19.6 Å². The van der Waals surface area contributed by atoms with E-state index < -0.39 is 6.10 Å². The molecule has 2 heterocycles. The summed E-state index contributed by atoms with van der Waals surface area (Å²) in [5, 5.41) is 5.32. The first-order valence-corrected chi connectivity index (χ1v) is 10.5. The maximum Gasteiger partial charge on any atom is 0.284 e. The Kier molecular flexibility index (Phi) is 5.34. The Labute approximate surface area is 186 Å². The van der Waals surface area contributed by atoms with Gasteiger partial charge in [-0.2, -0.15) is 5.10 Å². The number of hydrogen-bond donors (Lipinski definition) is 1. The molecule has 1 aromatic heterocycles. The Morgan fingerprint density at radius 3 is 2.59 bits per heavy atom. The van der Waals surface area contributed by atoms with E-state index in [0.29, 0.717) is 11.5 Å². The molecule has 1 amide bonds. The summed E-state index contributed by atoms with van der Waals surface area (Å²) in [5.41, 5.74) is 7.01. The van der Waals surface area contributed by atoms with Crippen molar-refractivity contribution in [1.29, 1.82) is 0 Å². The van der Waals surface area contributed by atoms with Crippen LogP contribution in [0.1, 0.15) is 16.8 Å². The predicted octanol–water partition coefficient (Wildman–Crippen LogP) is 4.29. The molecule has 32 heavy (non-hydrogen) atoms. The molecule has 6 heteroatoms. The van der Waals surface area contributed by atoms with Crippen LogP contribution < -0.4 is 14.9 Å². The molecule has 1 N–H and O–H groups in total. The first-order valence-electron chi connectivity index (χ1n) is 10.5. The third-order valence-electron chi connectivity index (χ3n) is 5.63. The Balaban J connectivity index is 1.35. The lowest BCUT2D eigenvalue weighted by atomic mass is 10.1. The second-order valence-corrected chi connectivity index (χ2v) is 7.69. The normalized spacial score (nSPS) is 15.2. The van der Waals surface area contributed by atoms with Crippen molar-refractivity contribution >= 4 is 23.0 Å². The number of benzene rings is 3. The topological polar surface area (TPSA) is 64.8 Å². The third-order valence-corrected chi connectivity index (χ3v) is 5.63. The largest absolute Gasteiger partial charge is 0.485 e. The number of amides is 1. The minimum absolute atomic E-state index is 0.147. The standard InChI is InChI=1S/C26H23N3O3/c1-18-21(15-27-28-26(30)25-17-31-23-13-7-8-14-24(23)32-25)20-11-5-6-12-22(20)29(18)16-19-9-3-2-4-10-19/h2-15,25H,16-17H2,1H3,(H,28,30)/b27-15-/t25-/m0/s1. The number of carbonyl (C=O) groups is 1. The zero-order valence-electron chi connectivity index (χ0n) is 17.7. The number of hydrogen-bond acceptors (Lipinski definition) is 4. The van der Waals surface area contributed by atoms with Gasteiger partial charge in [-0.3, -0.25) is 4.79 Å². The summed E-state index contributed by atoms with van der Waals surface area (Å²) >= 11 is 0. The van der Waals surface area contributed by atoms with Gasteiger partial charge >= 0.3 is 0 Å². The van der Waals surface area contributed by atoms with Crippen molar-refractivity contribution in [1.82, 2.24) is 9.99 Å². The zero-order valence-corrected chi connectivity index (χ0v) is 17.7. The summed E-state index contributed by atoms with van der Waals surface area (Å²) in [4.78, 5) is 12.6. The number of fused-ring (bicyclic) bond motifs is 2. The number of carbonyl (C=O) groups excluding carboxylic acids is 1. The number of aromatic nitrogens is 1. The zero-order chi connectivity index (χ0) is 21.9. The average Bonchev–Trinajstić information content (AvgIpc) is 3.10. The van der Waals surface area contributed by atoms with Crippen LogP contribution in [0.3, 0.4) is 0 Å². The molecule has 5 rings (SSSR count). The molecule has 0 aliphatic carbocycles. The highest BCUT2D eigenvalue weighted by Gasteiger charge is 2.27. The fraction of sp³-hybridized carbons (Fsp3) is 0.154. The molecule has 1 aliphatic heterocycles. The quantitative estimate of drug-likeness (QED) is 0.383. The summed E-state index contributed by atoms with van der Waals surface area (Å²) in [6.45, 7) is 2.98. The van der Waals surface area contributed by atoms with E-state index in [-0.39, 0.29) is 12.5 Å². The summed E-state index contributed by atoms with van der Waals surface area (Å²) in [6, 6.07) is 25.9. The molecule has 6 nitrogen and oxygen atoms in total. The number of rotatable bonds is 5. The van der Waals surface area contributed by atoms with Gasteiger partial charge in [-0.25, -0.2) is 5.43 Å². The van der Waals surface area contributed by atoms with Gasteiger partial charge in [0.25, 0.3) is 5.91 Å². The molecule has 0 fully saturated rings. The smallest absolute Gasteiger partial charge is 0.284 e. The van der Waals surface area contributed by atoms with Crippen molar-refractivity contribution in [3.8, 4) is 11.5 Å². The van der Waals surface area contributed by atoms with E-state index in [2.05, 4.69) is 46.3 Å². The summed E-state index contributed by atoms with van der Waals surface area (Å²) in [5.74, 6) is 0.853. The van der Waals surface area contributed by atoms with Gasteiger partial charge in [-0.05, 0) is 30.7 Å². The molecule has 0 radical (unpaired) electrons. The third kappa shape index (κ3) is 3.83. The number of hydrazone groups is 1. The van der Waals surface area contributed by atoms with Crippen LogP contribution in [0.5, 0.6) is 11.5 Å². The van der Waals surface area contributed by atoms with E-state index in [1.807, 2.05) is 48.5 Å². The van der Waals surface area contributed by atoms with Crippen molar-refractivity contribution in [3.05, 3.63) is 95.7 Å². The molecule has 4 aromatic rings. The molecule has 0 saturated carbocycles. The lowest BCUT2D eigenvalue weighted by Crippen LogP contribution is -2.42.